The number of aromatic nitrogens is 4. The van der Waals surface area contributed by atoms with Gasteiger partial charge in [-0.05, 0) is 22.3 Å². The lowest BCUT2D eigenvalue weighted by molar-refractivity contribution is -0.0390. The summed E-state index contributed by atoms with van der Waals surface area (Å²) in [4.78, 5) is 44.1. The Labute approximate surface area is 222 Å². The second kappa shape index (κ2) is 10.1. The van der Waals surface area contributed by atoms with Crippen LogP contribution < -0.4 is 16.8 Å². The van der Waals surface area contributed by atoms with E-state index in [4.69, 9.17) is 25.2 Å². The minimum absolute atomic E-state index is 0.000388. The molecule has 3 heterocycles. The van der Waals surface area contributed by atoms with Gasteiger partial charge in [0.15, 0.2) is 11.2 Å². The molecule has 1 aliphatic heterocycles. The van der Waals surface area contributed by atoms with Gasteiger partial charge >= 0.3 is 6.09 Å². The number of hydrogen-bond acceptors (Lipinski definition) is 11. The number of aliphatic hydroxyl groups is 1. The quantitative estimate of drug-likeness (QED) is 0.255. The first-order valence-electron chi connectivity index (χ1n) is 12.1. The SMILES string of the molecule is Nc1nc2c(ncn2[C@H]2C[C@H](OP(N)O)[C@@H](CO)O2)c(=O)n1C(=O)OCC1c2ccccc2-c2ccccc21. The summed E-state index contributed by atoms with van der Waals surface area (Å²) in [6, 6.07) is 15.8. The highest BCUT2D eigenvalue weighted by Crippen LogP contribution is 2.44. The van der Waals surface area contributed by atoms with Gasteiger partial charge in [-0.25, -0.2) is 9.78 Å². The lowest BCUT2D eigenvalue weighted by atomic mass is 9.98. The smallest absolute Gasteiger partial charge is 0.424 e. The van der Waals surface area contributed by atoms with Crippen molar-refractivity contribution in [1.29, 1.82) is 0 Å². The molecule has 14 heteroatoms. The Morgan fingerprint density at radius 1 is 1.15 bits per heavy atom. The van der Waals surface area contributed by atoms with Crippen molar-refractivity contribution >= 4 is 31.7 Å². The summed E-state index contributed by atoms with van der Waals surface area (Å²) in [6.07, 6.45) is -1.61. The van der Waals surface area contributed by atoms with E-state index < -0.39 is 38.6 Å². The number of anilines is 1. The number of benzene rings is 2. The first kappa shape index (κ1) is 25.6. The zero-order valence-electron chi connectivity index (χ0n) is 20.5. The zero-order chi connectivity index (χ0) is 27.3. The predicted octanol–water partition coefficient (Wildman–Crippen LogP) is 1.82. The molecule has 2 aliphatic rings. The summed E-state index contributed by atoms with van der Waals surface area (Å²) in [5.41, 5.74) is 14.8. The molecule has 0 bridgehead atoms. The second-order valence-corrected chi connectivity index (χ2v) is 10.0. The van der Waals surface area contributed by atoms with E-state index in [0.717, 1.165) is 22.3 Å². The summed E-state index contributed by atoms with van der Waals surface area (Å²) in [6.45, 7) is -0.374. The summed E-state index contributed by atoms with van der Waals surface area (Å²) >= 11 is 0. The first-order chi connectivity index (χ1) is 18.9. The molecule has 0 spiro atoms. The van der Waals surface area contributed by atoms with Crippen molar-refractivity contribution in [3.8, 4) is 11.1 Å². The Balaban J connectivity index is 1.25. The van der Waals surface area contributed by atoms with Crippen LogP contribution in [0.3, 0.4) is 0 Å². The van der Waals surface area contributed by atoms with Crippen LogP contribution in [0.2, 0.25) is 0 Å². The number of carbonyl (C=O) groups excluding carboxylic acids is 1. The monoisotopic (exact) mass is 552 g/mol. The van der Waals surface area contributed by atoms with Gasteiger partial charge in [-0.2, -0.15) is 9.55 Å². The van der Waals surface area contributed by atoms with Crippen molar-refractivity contribution < 1.29 is 28.8 Å². The van der Waals surface area contributed by atoms with E-state index in [2.05, 4.69) is 9.97 Å². The van der Waals surface area contributed by atoms with E-state index in [1.54, 1.807) is 0 Å². The highest BCUT2D eigenvalue weighted by atomic mass is 31.2. The summed E-state index contributed by atoms with van der Waals surface area (Å²) in [5, 5.41) is 9.62. The molecule has 0 radical (unpaired) electrons. The Morgan fingerprint density at radius 2 is 1.82 bits per heavy atom. The van der Waals surface area contributed by atoms with Gasteiger partial charge in [-0.3, -0.25) is 14.9 Å². The summed E-state index contributed by atoms with van der Waals surface area (Å²) in [7, 11) is -2.17. The van der Waals surface area contributed by atoms with E-state index in [1.165, 1.54) is 10.9 Å². The Morgan fingerprint density at radius 3 is 2.46 bits per heavy atom. The Bertz CT molecular complexity index is 1580. The third-order valence-corrected chi connectivity index (χ3v) is 7.54. The van der Waals surface area contributed by atoms with Crippen LogP contribution in [0.15, 0.2) is 59.7 Å². The van der Waals surface area contributed by atoms with E-state index in [9.17, 15) is 19.6 Å². The molecule has 0 saturated carbocycles. The van der Waals surface area contributed by atoms with Crippen LogP contribution >= 0.6 is 8.53 Å². The number of nitrogens with two attached hydrogens (primary N) is 2. The molecule has 4 aromatic rings. The number of aliphatic hydroxyl groups excluding tert-OH is 1. The third kappa shape index (κ3) is 4.39. The predicted molar refractivity (Wildman–Crippen MR) is 140 cm³/mol. The zero-order valence-corrected chi connectivity index (χ0v) is 21.3. The number of fused-ring (bicyclic) bond motifs is 4. The number of hydrogen-bond donors (Lipinski definition) is 4. The molecule has 4 atom stereocenters. The molecule has 2 aromatic heterocycles. The maximum atomic E-state index is 13.3. The molecule has 1 fully saturated rings. The van der Waals surface area contributed by atoms with Gasteiger partial charge < -0.3 is 29.7 Å². The van der Waals surface area contributed by atoms with Crippen LogP contribution in [0.1, 0.15) is 29.7 Å². The molecular formula is C25H25N6O7P. The fourth-order valence-corrected chi connectivity index (χ4v) is 5.81. The normalized spacial score (nSPS) is 21.2. The van der Waals surface area contributed by atoms with Crippen LogP contribution in [-0.4, -0.2) is 60.6 Å². The number of carbonyl (C=O) groups is 1. The van der Waals surface area contributed by atoms with Crippen LogP contribution in [0.4, 0.5) is 10.7 Å². The van der Waals surface area contributed by atoms with Crippen molar-refractivity contribution in [2.45, 2.75) is 30.8 Å². The second-order valence-electron chi connectivity index (χ2n) is 9.23. The maximum Gasteiger partial charge on any atom is 0.424 e. The molecule has 0 amide bonds. The lowest BCUT2D eigenvalue weighted by Gasteiger charge is -2.16. The van der Waals surface area contributed by atoms with Gasteiger partial charge in [0, 0.05) is 12.3 Å². The molecule has 202 valence electrons. The fraction of sp³-hybridized carbons (Fsp3) is 0.280. The van der Waals surface area contributed by atoms with E-state index in [0.29, 0.717) is 4.57 Å². The van der Waals surface area contributed by atoms with E-state index >= 15 is 0 Å². The molecule has 13 nitrogen and oxygen atoms in total. The summed E-state index contributed by atoms with van der Waals surface area (Å²) < 4.78 is 18.8. The van der Waals surface area contributed by atoms with Gasteiger partial charge in [-0.1, -0.05) is 48.5 Å². The molecule has 1 saturated heterocycles. The molecule has 1 aliphatic carbocycles. The summed E-state index contributed by atoms with van der Waals surface area (Å²) in [5.74, 6) is -0.575. The van der Waals surface area contributed by atoms with Crippen LogP contribution in [0, 0.1) is 0 Å². The number of ether oxygens (including phenoxy) is 2. The highest BCUT2D eigenvalue weighted by molar-refractivity contribution is 7.43. The Hall–Kier alpha value is -3.71. The number of rotatable bonds is 6. The molecule has 1 unspecified atom stereocenters. The maximum absolute atomic E-state index is 13.3. The van der Waals surface area contributed by atoms with Crippen LogP contribution in [-0.2, 0) is 14.0 Å². The van der Waals surface area contributed by atoms with Gasteiger partial charge in [0.1, 0.15) is 18.9 Å². The number of nitrogen functional groups attached to an aromatic ring is 1. The third-order valence-electron chi connectivity index (χ3n) is 7.06. The fourth-order valence-electron chi connectivity index (χ4n) is 5.32. The average molecular weight is 552 g/mol. The van der Waals surface area contributed by atoms with Crippen molar-refractivity contribution in [2.24, 2.45) is 5.50 Å². The minimum atomic E-state index is -2.17. The van der Waals surface area contributed by atoms with E-state index in [1.807, 2.05) is 48.5 Å². The van der Waals surface area contributed by atoms with Crippen molar-refractivity contribution in [3.05, 3.63) is 76.3 Å². The first-order valence-corrected chi connectivity index (χ1v) is 13.4. The Kier molecular flexibility index (Phi) is 6.63. The molecule has 6 N–H and O–H groups in total. The highest BCUT2D eigenvalue weighted by Gasteiger charge is 2.39. The largest absolute Gasteiger partial charge is 0.448 e. The molecular weight excluding hydrogens is 527 g/mol. The van der Waals surface area contributed by atoms with Crippen molar-refractivity contribution in [3.63, 3.8) is 0 Å². The molecule has 39 heavy (non-hydrogen) atoms. The number of imidazole rings is 1. The van der Waals surface area contributed by atoms with Crippen LogP contribution in [0.5, 0.6) is 0 Å². The molecule has 2 aromatic carbocycles. The van der Waals surface area contributed by atoms with Crippen molar-refractivity contribution in [1.82, 2.24) is 19.1 Å². The van der Waals surface area contributed by atoms with Gasteiger partial charge in [0.05, 0.1) is 19.0 Å². The van der Waals surface area contributed by atoms with Gasteiger partial charge in [0.2, 0.25) is 14.5 Å². The van der Waals surface area contributed by atoms with Gasteiger partial charge in [-0.15, -0.1) is 0 Å². The molecule has 6 rings (SSSR count). The van der Waals surface area contributed by atoms with E-state index in [-0.39, 0.29) is 42.7 Å². The topological polar surface area (TPSA) is 190 Å². The van der Waals surface area contributed by atoms with Crippen LogP contribution in [0.25, 0.3) is 22.3 Å². The standard InChI is InChI=1S/C25H25N6O7P/c26-24-29-22-21(28-12-30(22)20-9-18(38-39(27)35)19(10-32)37-20)23(33)31(24)25(34)36-11-17-15-7-3-1-5-13(15)14-6-2-4-8-16(14)17/h1-8,12,17-20,32,35H,9-11,27H2,(H2,26,29)/t18-,19+,20+,39?/m0/s1. The average Bonchev–Trinajstić information content (AvgIpc) is 3.61. The van der Waals surface area contributed by atoms with Gasteiger partial charge in [0.25, 0.3) is 5.56 Å². The lowest BCUT2D eigenvalue weighted by Crippen LogP contribution is -2.32. The van der Waals surface area contributed by atoms with Crippen molar-refractivity contribution in [2.75, 3.05) is 18.9 Å². The number of nitrogens with zero attached hydrogens (tertiary/aromatic N) is 4. The minimum Gasteiger partial charge on any atom is -0.448 e.